The van der Waals surface area contributed by atoms with E-state index in [0.29, 0.717) is 16.7 Å². The molecule has 5 nitrogen and oxygen atoms in total. The number of hydrogen-bond acceptors (Lipinski definition) is 4. The van der Waals surface area contributed by atoms with Crippen molar-refractivity contribution in [1.29, 1.82) is 0 Å². The summed E-state index contributed by atoms with van der Waals surface area (Å²) in [6, 6.07) is 1.70. The molecule has 0 radical (unpaired) electrons. The summed E-state index contributed by atoms with van der Waals surface area (Å²) >= 11 is 0. The van der Waals surface area contributed by atoms with Crippen molar-refractivity contribution in [2.24, 2.45) is 17.2 Å². The van der Waals surface area contributed by atoms with Crippen LogP contribution in [0.15, 0.2) is 18.5 Å². The molecule has 3 rings (SSSR count). The summed E-state index contributed by atoms with van der Waals surface area (Å²) in [7, 11) is 0. The summed E-state index contributed by atoms with van der Waals surface area (Å²) in [5.41, 5.74) is 4.05. The Kier molecular flexibility index (Phi) is 2.70. The molecule has 96 valence electrons. The minimum absolute atomic E-state index is 0.0945. The number of amides is 1. The van der Waals surface area contributed by atoms with Crippen LogP contribution in [-0.2, 0) is 0 Å². The van der Waals surface area contributed by atoms with Gasteiger partial charge in [-0.2, -0.15) is 0 Å². The predicted octanol–water partition coefficient (Wildman–Crippen LogP) is 1.29. The molecule has 0 spiro atoms. The number of aromatic nitrogens is 1. The molecule has 0 aromatic carbocycles. The molecule has 2 aliphatic rings. The molecule has 4 N–H and O–H groups in total. The van der Waals surface area contributed by atoms with E-state index in [1.807, 2.05) is 0 Å². The quantitative estimate of drug-likeness (QED) is 0.540. The van der Waals surface area contributed by atoms with Crippen LogP contribution in [0.5, 0.6) is 0 Å². The number of nitrogen functional groups attached to an aromatic ring is 1. The van der Waals surface area contributed by atoms with Crippen LogP contribution in [0.1, 0.15) is 36.0 Å². The molecule has 0 atom stereocenters. The fraction of sp³-hybridized carbons (Fsp3) is 0.538. The van der Waals surface area contributed by atoms with Gasteiger partial charge in [0.15, 0.2) is 0 Å². The van der Waals surface area contributed by atoms with Gasteiger partial charge in [0.1, 0.15) is 0 Å². The third-order valence-corrected chi connectivity index (χ3v) is 4.16. The van der Waals surface area contributed by atoms with E-state index >= 15 is 0 Å². The fourth-order valence-electron chi connectivity index (χ4n) is 2.64. The molecule has 0 saturated heterocycles. The minimum atomic E-state index is -0.0945. The molecule has 0 bridgehead atoms. The molecule has 2 saturated carbocycles. The van der Waals surface area contributed by atoms with Crippen molar-refractivity contribution in [3.8, 4) is 0 Å². The first-order chi connectivity index (χ1) is 8.75. The number of pyridine rings is 1. The van der Waals surface area contributed by atoms with Crippen molar-refractivity contribution in [3.05, 3.63) is 24.0 Å². The highest BCUT2D eigenvalue weighted by Crippen LogP contribution is 2.60. The summed E-state index contributed by atoms with van der Waals surface area (Å²) in [6.45, 7) is 0.787. The van der Waals surface area contributed by atoms with Crippen molar-refractivity contribution >= 4 is 11.6 Å². The van der Waals surface area contributed by atoms with Crippen LogP contribution in [0, 0.1) is 11.3 Å². The van der Waals surface area contributed by atoms with E-state index in [2.05, 4.69) is 15.7 Å². The second-order valence-electron chi connectivity index (χ2n) is 5.38. The van der Waals surface area contributed by atoms with E-state index < -0.39 is 0 Å². The first-order valence-electron chi connectivity index (χ1n) is 6.44. The largest absolute Gasteiger partial charge is 0.351 e. The monoisotopic (exact) mass is 246 g/mol. The molecule has 1 amide bonds. The lowest BCUT2D eigenvalue weighted by Gasteiger charge is -2.15. The second kappa shape index (κ2) is 4.24. The number of nitrogens with two attached hydrogens (primary N) is 1. The molecule has 0 unspecified atom stereocenters. The molecule has 0 aliphatic heterocycles. The Morgan fingerprint density at radius 3 is 2.89 bits per heavy atom. The molecule has 2 aliphatic carbocycles. The van der Waals surface area contributed by atoms with E-state index in [1.165, 1.54) is 25.7 Å². The second-order valence-corrected chi connectivity index (χ2v) is 5.38. The van der Waals surface area contributed by atoms with Crippen molar-refractivity contribution < 1.29 is 4.79 Å². The topological polar surface area (TPSA) is 80.0 Å². The summed E-state index contributed by atoms with van der Waals surface area (Å²) in [5.74, 6) is 6.13. The Morgan fingerprint density at radius 1 is 1.50 bits per heavy atom. The van der Waals surface area contributed by atoms with Crippen molar-refractivity contribution in [1.82, 2.24) is 10.3 Å². The Balaban J connectivity index is 1.64. The van der Waals surface area contributed by atoms with Crippen LogP contribution >= 0.6 is 0 Å². The van der Waals surface area contributed by atoms with Crippen LogP contribution in [0.3, 0.4) is 0 Å². The number of hydrogen-bond donors (Lipinski definition) is 3. The number of anilines is 1. The molecule has 1 aromatic heterocycles. The summed E-state index contributed by atoms with van der Waals surface area (Å²) < 4.78 is 0. The Hall–Kier alpha value is -1.62. The lowest BCUT2D eigenvalue weighted by molar-refractivity contribution is 0.0943. The molecular weight excluding hydrogens is 228 g/mol. The van der Waals surface area contributed by atoms with Gasteiger partial charge in [0, 0.05) is 18.9 Å². The van der Waals surface area contributed by atoms with Gasteiger partial charge in [-0.05, 0) is 43.1 Å². The van der Waals surface area contributed by atoms with E-state index in [1.54, 1.807) is 18.5 Å². The normalized spacial score (nSPS) is 20.3. The van der Waals surface area contributed by atoms with Gasteiger partial charge in [0.2, 0.25) is 0 Å². The zero-order valence-corrected chi connectivity index (χ0v) is 10.3. The lowest BCUT2D eigenvalue weighted by Crippen LogP contribution is -2.32. The van der Waals surface area contributed by atoms with Crippen LogP contribution in [0.4, 0.5) is 5.69 Å². The number of nitrogens with zero attached hydrogens (tertiary/aromatic N) is 1. The maximum absolute atomic E-state index is 12.1. The SMILES string of the molecule is NNc1ccncc1C(=O)NCC1(C2CC2)CC1. The highest BCUT2D eigenvalue weighted by atomic mass is 16.1. The zero-order valence-electron chi connectivity index (χ0n) is 10.3. The fourth-order valence-corrected chi connectivity index (χ4v) is 2.64. The Bertz CT molecular complexity index is 466. The van der Waals surface area contributed by atoms with Gasteiger partial charge in [-0.3, -0.25) is 15.6 Å². The van der Waals surface area contributed by atoms with Crippen LogP contribution in [0.25, 0.3) is 0 Å². The molecule has 2 fully saturated rings. The summed E-state index contributed by atoms with van der Waals surface area (Å²) in [4.78, 5) is 16.1. The average molecular weight is 246 g/mol. The molecule has 5 heteroatoms. The van der Waals surface area contributed by atoms with Gasteiger partial charge < -0.3 is 10.7 Å². The molecule has 1 heterocycles. The van der Waals surface area contributed by atoms with E-state index in [9.17, 15) is 4.79 Å². The number of hydrazine groups is 1. The summed E-state index contributed by atoms with van der Waals surface area (Å²) in [6.07, 6.45) is 8.33. The highest BCUT2D eigenvalue weighted by molar-refractivity contribution is 5.99. The lowest BCUT2D eigenvalue weighted by atomic mass is 10.0. The van der Waals surface area contributed by atoms with Crippen molar-refractivity contribution in [2.75, 3.05) is 12.0 Å². The van der Waals surface area contributed by atoms with Gasteiger partial charge in [0.25, 0.3) is 5.91 Å². The molecule has 18 heavy (non-hydrogen) atoms. The zero-order chi connectivity index (χ0) is 12.6. The van der Waals surface area contributed by atoms with E-state index in [0.717, 1.165) is 12.5 Å². The molecular formula is C13H18N4O. The van der Waals surface area contributed by atoms with Gasteiger partial charge in [-0.25, -0.2) is 0 Å². The minimum Gasteiger partial charge on any atom is -0.351 e. The van der Waals surface area contributed by atoms with Gasteiger partial charge in [0.05, 0.1) is 11.3 Å². The van der Waals surface area contributed by atoms with E-state index in [-0.39, 0.29) is 5.91 Å². The smallest absolute Gasteiger partial charge is 0.255 e. The summed E-state index contributed by atoms with van der Waals surface area (Å²) in [5, 5.41) is 3.02. The number of carbonyl (C=O) groups is 1. The Morgan fingerprint density at radius 2 is 2.28 bits per heavy atom. The number of nitrogens with one attached hydrogen (secondary N) is 2. The number of rotatable bonds is 5. The van der Waals surface area contributed by atoms with Crippen molar-refractivity contribution in [2.45, 2.75) is 25.7 Å². The first-order valence-corrected chi connectivity index (χ1v) is 6.44. The maximum atomic E-state index is 12.1. The third kappa shape index (κ3) is 2.06. The average Bonchev–Trinajstić information content (AvgIpc) is 3.28. The predicted molar refractivity (Wildman–Crippen MR) is 68.8 cm³/mol. The van der Waals surface area contributed by atoms with Gasteiger partial charge in [-0.1, -0.05) is 0 Å². The molecule has 1 aromatic rings. The number of carbonyl (C=O) groups excluding carboxylic acids is 1. The standard InChI is InChI=1S/C13H18N4O/c14-17-11-3-6-15-7-10(11)12(18)16-8-13(4-5-13)9-1-2-9/h3,6-7,9H,1-2,4-5,8,14H2,(H,15,17)(H,16,18). The highest BCUT2D eigenvalue weighted by Gasteiger charge is 2.53. The first kappa shape index (κ1) is 11.5. The third-order valence-electron chi connectivity index (χ3n) is 4.16. The van der Waals surface area contributed by atoms with Crippen molar-refractivity contribution in [3.63, 3.8) is 0 Å². The van der Waals surface area contributed by atoms with Crippen LogP contribution in [-0.4, -0.2) is 17.4 Å². The van der Waals surface area contributed by atoms with Gasteiger partial charge >= 0.3 is 0 Å². The van der Waals surface area contributed by atoms with Gasteiger partial charge in [-0.15, -0.1) is 0 Å². The van der Waals surface area contributed by atoms with Crippen LogP contribution < -0.4 is 16.6 Å². The Labute approximate surface area is 106 Å². The van der Waals surface area contributed by atoms with E-state index in [4.69, 9.17) is 5.84 Å². The maximum Gasteiger partial charge on any atom is 0.255 e. The van der Waals surface area contributed by atoms with Crippen LogP contribution in [0.2, 0.25) is 0 Å².